The van der Waals surface area contributed by atoms with E-state index in [0.717, 1.165) is 17.7 Å². The van der Waals surface area contributed by atoms with Gasteiger partial charge in [0.25, 0.3) is 0 Å². The van der Waals surface area contributed by atoms with E-state index < -0.39 is 6.10 Å². The second-order valence-corrected chi connectivity index (χ2v) is 3.35. The largest absolute Gasteiger partial charge is 0.398 e. The molecule has 1 aromatic rings. The Morgan fingerprint density at radius 1 is 1.57 bits per heavy atom. The standard InChI is InChI=1S/C10H13N3O/c11-10-1-2-12-6-9(10)7-3-8(14)5-13-4-7/h1-3,6,8,13-14H,4-5H2,(H2,11,12). The Morgan fingerprint density at radius 2 is 2.43 bits per heavy atom. The maximum atomic E-state index is 9.43. The summed E-state index contributed by atoms with van der Waals surface area (Å²) < 4.78 is 0. The first kappa shape index (κ1) is 9.18. The summed E-state index contributed by atoms with van der Waals surface area (Å²) in [4.78, 5) is 4.02. The molecule has 0 amide bonds. The molecule has 4 heteroatoms. The summed E-state index contributed by atoms with van der Waals surface area (Å²) in [6.45, 7) is 1.33. The molecule has 1 unspecified atom stereocenters. The average molecular weight is 191 g/mol. The molecule has 1 atom stereocenters. The van der Waals surface area contributed by atoms with E-state index in [0.29, 0.717) is 12.2 Å². The number of aliphatic hydroxyl groups excluding tert-OH is 1. The van der Waals surface area contributed by atoms with E-state index in [-0.39, 0.29) is 0 Å². The van der Waals surface area contributed by atoms with E-state index in [9.17, 15) is 5.11 Å². The highest BCUT2D eigenvalue weighted by Gasteiger charge is 2.13. The van der Waals surface area contributed by atoms with Gasteiger partial charge in [0.15, 0.2) is 0 Å². The highest BCUT2D eigenvalue weighted by atomic mass is 16.3. The SMILES string of the molecule is Nc1ccncc1C1=CC(O)CNC1. The molecule has 4 nitrogen and oxygen atoms in total. The normalized spacial score (nSPS) is 21.8. The zero-order valence-electron chi connectivity index (χ0n) is 7.77. The molecule has 0 aromatic carbocycles. The summed E-state index contributed by atoms with van der Waals surface area (Å²) in [5, 5.41) is 12.5. The topological polar surface area (TPSA) is 71.2 Å². The summed E-state index contributed by atoms with van der Waals surface area (Å²) in [7, 11) is 0. The van der Waals surface area contributed by atoms with E-state index >= 15 is 0 Å². The van der Waals surface area contributed by atoms with Gasteiger partial charge in [-0.2, -0.15) is 0 Å². The van der Waals surface area contributed by atoms with Gasteiger partial charge in [-0.25, -0.2) is 0 Å². The Bertz CT molecular complexity index is 362. The number of aliphatic hydroxyl groups is 1. The number of nitrogen functional groups attached to an aromatic ring is 1. The Hall–Kier alpha value is -1.39. The Labute approximate surface area is 82.5 Å². The van der Waals surface area contributed by atoms with Crippen molar-refractivity contribution < 1.29 is 5.11 Å². The van der Waals surface area contributed by atoms with Crippen LogP contribution in [0, 0.1) is 0 Å². The molecule has 4 N–H and O–H groups in total. The van der Waals surface area contributed by atoms with Gasteiger partial charge in [-0.3, -0.25) is 4.98 Å². The van der Waals surface area contributed by atoms with E-state index in [1.807, 2.05) is 6.08 Å². The van der Waals surface area contributed by atoms with Crippen molar-refractivity contribution in [3.63, 3.8) is 0 Å². The fourth-order valence-electron chi connectivity index (χ4n) is 1.56. The van der Waals surface area contributed by atoms with Crippen molar-refractivity contribution in [2.45, 2.75) is 6.10 Å². The predicted molar refractivity (Wildman–Crippen MR) is 55.5 cm³/mol. The molecule has 0 spiro atoms. The molecule has 1 aliphatic rings. The number of nitrogens with one attached hydrogen (secondary N) is 1. The molecular formula is C10H13N3O. The number of nitrogens with two attached hydrogens (primary N) is 1. The minimum absolute atomic E-state index is 0.432. The Kier molecular flexibility index (Phi) is 2.47. The van der Waals surface area contributed by atoms with Gasteiger partial charge in [0.1, 0.15) is 0 Å². The van der Waals surface area contributed by atoms with Gasteiger partial charge in [-0.05, 0) is 17.7 Å². The fourth-order valence-corrected chi connectivity index (χ4v) is 1.56. The van der Waals surface area contributed by atoms with E-state index in [1.165, 1.54) is 0 Å². The van der Waals surface area contributed by atoms with Crippen molar-refractivity contribution >= 4 is 11.3 Å². The average Bonchev–Trinajstić information content (AvgIpc) is 2.18. The molecule has 2 heterocycles. The van der Waals surface area contributed by atoms with Crippen molar-refractivity contribution in [3.8, 4) is 0 Å². The minimum atomic E-state index is -0.432. The number of aromatic nitrogens is 1. The molecule has 2 rings (SSSR count). The second-order valence-electron chi connectivity index (χ2n) is 3.35. The molecule has 1 aliphatic heterocycles. The van der Waals surface area contributed by atoms with Gasteiger partial charge in [0.05, 0.1) is 6.10 Å². The highest BCUT2D eigenvalue weighted by Crippen LogP contribution is 2.21. The minimum Gasteiger partial charge on any atom is -0.398 e. The van der Waals surface area contributed by atoms with Gasteiger partial charge >= 0.3 is 0 Å². The van der Waals surface area contributed by atoms with Crippen LogP contribution in [-0.2, 0) is 0 Å². The molecule has 0 bridgehead atoms. The van der Waals surface area contributed by atoms with E-state index in [2.05, 4.69) is 10.3 Å². The molecule has 1 aromatic heterocycles. The maximum Gasteiger partial charge on any atom is 0.0851 e. The first-order valence-electron chi connectivity index (χ1n) is 4.56. The summed E-state index contributed by atoms with van der Waals surface area (Å²) in [6, 6.07) is 1.76. The zero-order chi connectivity index (χ0) is 9.97. The van der Waals surface area contributed by atoms with E-state index in [1.54, 1.807) is 18.5 Å². The smallest absolute Gasteiger partial charge is 0.0851 e. The van der Waals surface area contributed by atoms with Gasteiger partial charge < -0.3 is 16.2 Å². The number of pyridine rings is 1. The monoisotopic (exact) mass is 191 g/mol. The lowest BCUT2D eigenvalue weighted by molar-refractivity contribution is 0.217. The van der Waals surface area contributed by atoms with Crippen LogP contribution >= 0.6 is 0 Å². The summed E-state index contributed by atoms with van der Waals surface area (Å²) in [5.74, 6) is 0. The molecule has 0 fully saturated rings. The molecule has 14 heavy (non-hydrogen) atoms. The maximum absolute atomic E-state index is 9.43. The number of β-amino-alcohol motifs (C(OH)–C–C–N with tert-alkyl or cyclic N) is 1. The third-order valence-corrected chi connectivity index (χ3v) is 2.26. The first-order valence-corrected chi connectivity index (χ1v) is 4.56. The lowest BCUT2D eigenvalue weighted by atomic mass is 10.0. The fraction of sp³-hybridized carbons (Fsp3) is 0.300. The van der Waals surface area contributed by atoms with Gasteiger partial charge in [0.2, 0.25) is 0 Å². The van der Waals surface area contributed by atoms with Gasteiger partial charge in [-0.1, -0.05) is 0 Å². The lowest BCUT2D eigenvalue weighted by Gasteiger charge is -2.19. The van der Waals surface area contributed by atoms with Crippen LogP contribution in [-0.4, -0.2) is 29.3 Å². The Morgan fingerprint density at radius 3 is 3.14 bits per heavy atom. The molecule has 0 saturated carbocycles. The van der Waals surface area contributed by atoms with Crippen molar-refractivity contribution in [1.29, 1.82) is 0 Å². The lowest BCUT2D eigenvalue weighted by Crippen LogP contribution is -2.31. The van der Waals surface area contributed by atoms with Crippen LogP contribution in [0.25, 0.3) is 5.57 Å². The second kappa shape index (κ2) is 3.77. The number of rotatable bonds is 1. The van der Waals surface area contributed by atoms with Crippen LogP contribution in [0.5, 0.6) is 0 Å². The van der Waals surface area contributed by atoms with Crippen LogP contribution in [0.3, 0.4) is 0 Å². The molecule has 0 radical (unpaired) electrons. The quantitative estimate of drug-likeness (QED) is 0.585. The van der Waals surface area contributed by atoms with Crippen molar-refractivity contribution in [3.05, 3.63) is 30.1 Å². The number of anilines is 1. The van der Waals surface area contributed by atoms with Crippen molar-refractivity contribution in [2.24, 2.45) is 0 Å². The molecule has 0 saturated heterocycles. The van der Waals surface area contributed by atoms with Crippen LogP contribution in [0.1, 0.15) is 5.56 Å². The van der Waals surface area contributed by atoms with Crippen LogP contribution in [0.15, 0.2) is 24.5 Å². The number of nitrogens with zero attached hydrogens (tertiary/aromatic N) is 1. The van der Waals surface area contributed by atoms with Crippen LogP contribution < -0.4 is 11.1 Å². The van der Waals surface area contributed by atoms with Crippen molar-refractivity contribution in [2.75, 3.05) is 18.8 Å². The third kappa shape index (κ3) is 1.76. The zero-order valence-corrected chi connectivity index (χ0v) is 7.77. The Balaban J connectivity index is 2.35. The number of hydrogen-bond acceptors (Lipinski definition) is 4. The van der Waals surface area contributed by atoms with Crippen molar-refractivity contribution in [1.82, 2.24) is 10.3 Å². The molecule has 74 valence electrons. The third-order valence-electron chi connectivity index (χ3n) is 2.26. The van der Waals surface area contributed by atoms with E-state index in [4.69, 9.17) is 5.73 Å². The van der Waals surface area contributed by atoms with Crippen LogP contribution in [0.4, 0.5) is 5.69 Å². The molecule has 0 aliphatic carbocycles. The van der Waals surface area contributed by atoms with Crippen LogP contribution in [0.2, 0.25) is 0 Å². The van der Waals surface area contributed by atoms with Gasteiger partial charge in [-0.15, -0.1) is 0 Å². The molecular weight excluding hydrogens is 178 g/mol. The first-order chi connectivity index (χ1) is 6.77. The highest BCUT2D eigenvalue weighted by molar-refractivity contribution is 5.76. The summed E-state index contributed by atoms with van der Waals surface area (Å²) in [5.41, 5.74) is 8.41. The predicted octanol–water partition coefficient (Wildman–Crippen LogP) is 0.0113. The summed E-state index contributed by atoms with van der Waals surface area (Å²) in [6.07, 6.45) is 4.77. The van der Waals surface area contributed by atoms with Gasteiger partial charge in [0, 0.05) is 36.7 Å². The summed E-state index contributed by atoms with van der Waals surface area (Å²) >= 11 is 0. The number of hydrogen-bond donors (Lipinski definition) is 3.